The third kappa shape index (κ3) is 6.64. The number of rotatable bonds is 11. The molecule has 1 saturated carbocycles. The highest BCUT2D eigenvalue weighted by Gasteiger charge is 2.37. The number of hydrogen-bond donors (Lipinski definition) is 0. The molecule has 1 aliphatic carbocycles. The Morgan fingerprint density at radius 3 is 2.59 bits per heavy atom. The number of benzene rings is 1. The Bertz CT molecular complexity index is 1370. The van der Waals surface area contributed by atoms with Crippen molar-refractivity contribution in [2.24, 2.45) is 0 Å². The van der Waals surface area contributed by atoms with Crippen LogP contribution in [-0.2, 0) is 16.1 Å². The number of para-hydroxylation sites is 1. The van der Waals surface area contributed by atoms with Gasteiger partial charge in [0.15, 0.2) is 5.69 Å². The lowest BCUT2D eigenvalue weighted by Crippen LogP contribution is -2.38. The van der Waals surface area contributed by atoms with Crippen LogP contribution in [0.1, 0.15) is 78.9 Å². The number of halogens is 3. The van der Waals surface area contributed by atoms with Crippen molar-refractivity contribution in [1.82, 2.24) is 15.1 Å². The summed E-state index contributed by atoms with van der Waals surface area (Å²) < 4.78 is 60.0. The minimum atomic E-state index is -4.84. The van der Waals surface area contributed by atoms with Crippen LogP contribution in [0.3, 0.4) is 0 Å². The van der Waals surface area contributed by atoms with Gasteiger partial charge < -0.3 is 23.6 Å². The second kappa shape index (κ2) is 12.1. The lowest BCUT2D eigenvalue weighted by Gasteiger charge is -2.30. The first-order valence-corrected chi connectivity index (χ1v) is 13.8. The summed E-state index contributed by atoms with van der Waals surface area (Å²) in [6.45, 7) is 4.46. The van der Waals surface area contributed by atoms with E-state index >= 15 is 0 Å². The van der Waals surface area contributed by atoms with E-state index in [2.05, 4.69) is 31.7 Å². The molecule has 0 amide bonds. The summed E-state index contributed by atoms with van der Waals surface area (Å²) in [6, 6.07) is 7.83. The van der Waals surface area contributed by atoms with Crippen LogP contribution in [0, 0.1) is 6.92 Å². The van der Waals surface area contributed by atoms with Crippen molar-refractivity contribution < 1.29 is 36.7 Å². The molecule has 2 aromatic heterocycles. The molecule has 0 spiro atoms. The molecule has 2 fully saturated rings. The van der Waals surface area contributed by atoms with E-state index < -0.39 is 12.3 Å². The van der Waals surface area contributed by atoms with E-state index in [9.17, 15) is 18.0 Å². The molecule has 0 radical (unpaired) electrons. The third-order valence-electron chi connectivity index (χ3n) is 7.54. The summed E-state index contributed by atoms with van der Waals surface area (Å²) in [5.41, 5.74) is 2.03. The smallest absolute Gasteiger partial charge is 0.464 e. The van der Waals surface area contributed by atoms with Gasteiger partial charge in [-0.15, -0.1) is 13.2 Å². The number of aromatic nitrogens is 3. The number of alkyl halides is 3. The summed E-state index contributed by atoms with van der Waals surface area (Å²) in [7, 11) is 1.32. The fourth-order valence-electron chi connectivity index (χ4n) is 5.46. The summed E-state index contributed by atoms with van der Waals surface area (Å²) in [5.74, 6) is 0.483. The minimum Gasteiger partial charge on any atom is -0.464 e. The van der Waals surface area contributed by atoms with Crippen molar-refractivity contribution >= 4 is 11.9 Å². The number of hydrogen-bond acceptors (Lipinski definition) is 9. The van der Waals surface area contributed by atoms with Gasteiger partial charge in [-0.2, -0.15) is 0 Å². The molecule has 12 heteroatoms. The molecule has 2 atom stereocenters. The van der Waals surface area contributed by atoms with Crippen molar-refractivity contribution in [1.29, 1.82) is 0 Å². The van der Waals surface area contributed by atoms with Gasteiger partial charge in [-0.1, -0.05) is 24.2 Å². The van der Waals surface area contributed by atoms with E-state index in [0.717, 1.165) is 32.1 Å². The molecule has 0 N–H and O–H groups in total. The second-order valence-corrected chi connectivity index (χ2v) is 10.4. The molecule has 41 heavy (non-hydrogen) atoms. The lowest BCUT2D eigenvalue weighted by molar-refractivity contribution is -0.274. The number of ether oxygens (including phenoxy) is 3. The predicted molar refractivity (Wildman–Crippen MR) is 143 cm³/mol. The molecular weight excluding hydrogens is 541 g/mol. The molecule has 3 heterocycles. The normalized spacial score (nSPS) is 19.0. The summed E-state index contributed by atoms with van der Waals surface area (Å²) in [6.07, 6.45) is 0.483. The fourth-order valence-corrected chi connectivity index (χ4v) is 5.46. The van der Waals surface area contributed by atoms with Gasteiger partial charge in [0.1, 0.15) is 17.2 Å². The third-order valence-corrected chi connectivity index (χ3v) is 7.54. The van der Waals surface area contributed by atoms with E-state index in [1.807, 2.05) is 6.92 Å². The van der Waals surface area contributed by atoms with Gasteiger partial charge in [0.05, 0.1) is 13.7 Å². The van der Waals surface area contributed by atoms with E-state index in [1.54, 1.807) is 12.1 Å². The van der Waals surface area contributed by atoms with Crippen LogP contribution in [0.5, 0.6) is 5.75 Å². The summed E-state index contributed by atoms with van der Waals surface area (Å²) >= 11 is 0. The first kappa shape index (κ1) is 28.8. The molecule has 2 aliphatic rings. The van der Waals surface area contributed by atoms with Crippen LogP contribution in [0.2, 0.25) is 0 Å². The van der Waals surface area contributed by atoms with E-state index in [-0.39, 0.29) is 41.6 Å². The van der Waals surface area contributed by atoms with Crippen molar-refractivity contribution in [3.05, 3.63) is 53.0 Å². The largest absolute Gasteiger partial charge is 0.573 e. The zero-order chi connectivity index (χ0) is 29.1. The number of carbonyl (C=O) groups is 1. The van der Waals surface area contributed by atoms with Gasteiger partial charge in [0.2, 0.25) is 5.95 Å². The summed E-state index contributed by atoms with van der Waals surface area (Å²) in [4.78, 5) is 23.5. The number of anilines is 1. The van der Waals surface area contributed by atoms with Crippen LogP contribution in [-0.4, -0.2) is 53.3 Å². The maximum atomic E-state index is 13.1. The Morgan fingerprint density at radius 1 is 1.12 bits per heavy atom. The zero-order valence-electron chi connectivity index (χ0n) is 23.2. The van der Waals surface area contributed by atoms with E-state index in [1.165, 1.54) is 25.3 Å². The Balaban J connectivity index is 1.31. The Kier molecular flexibility index (Phi) is 8.48. The molecule has 220 valence electrons. The lowest BCUT2D eigenvalue weighted by atomic mass is 10.0. The quantitative estimate of drug-likeness (QED) is 0.191. The van der Waals surface area contributed by atoms with Gasteiger partial charge in [-0.3, -0.25) is 0 Å². The van der Waals surface area contributed by atoms with Gasteiger partial charge in [-0.05, 0) is 63.6 Å². The van der Waals surface area contributed by atoms with Gasteiger partial charge in [-0.25, -0.2) is 14.8 Å². The standard InChI is InChI=1S/C29H33F3N4O5/c1-4-19-11-12-20(36(19)28-33-17(2)15-23(34-28)27(37)38-3)13-14-39-16-22-25(35-41-26(22)18-9-10-18)21-7-5-6-8-24(21)40-29(30,31)32/h5-8,15,18-20H,4,9-14,16H2,1-3H3/t19?,20-/m0/s1. The Morgan fingerprint density at radius 2 is 1.88 bits per heavy atom. The van der Waals surface area contributed by atoms with Crippen LogP contribution in [0.4, 0.5) is 19.1 Å². The highest BCUT2D eigenvalue weighted by atomic mass is 19.4. The minimum absolute atomic E-state index is 0.0954. The number of esters is 1. The SMILES string of the molecule is CCC1CC[C@@H](CCOCc2c(-c3ccccc3OC(F)(F)F)noc2C2CC2)N1c1nc(C)cc(C(=O)OC)n1. The molecule has 5 rings (SSSR count). The first-order chi connectivity index (χ1) is 19.7. The topological polar surface area (TPSA) is 99.8 Å². The van der Waals surface area contributed by atoms with Gasteiger partial charge in [0, 0.05) is 41.4 Å². The van der Waals surface area contributed by atoms with Crippen LogP contribution in [0.25, 0.3) is 11.3 Å². The second-order valence-electron chi connectivity index (χ2n) is 10.4. The molecule has 0 bridgehead atoms. The molecule has 9 nitrogen and oxygen atoms in total. The van der Waals surface area contributed by atoms with Crippen molar-refractivity contribution in [2.45, 2.75) is 83.3 Å². The maximum absolute atomic E-state index is 13.1. The number of methoxy groups -OCH3 is 1. The Labute approximate surface area is 236 Å². The predicted octanol–water partition coefficient (Wildman–Crippen LogP) is 6.36. The Hall–Kier alpha value is -3.67. The maximum Gasteiger partial charge on any atom is 0.573 e. The fraction of sp³-hybridized carbons (Fsp3) is 0.517. The van der Waals surface area contributed by atoms with Gasteiger partial charge >= 0.3 is 12.3 Å². The number of aryl methyl sites for hydroxylation is 1. The van der Waals surface area contributed by atoms with Gasteiger partial charge in [0.25, 0.3) is 0 Å². The number of nitrogens with zero attached hydrogens (tertiary/aromatic N) is 4. The number of carbonyl (C=O) groups excluding carboxylic acids is 1. The highest BCUT2D eigenvalue weighted by Crippen LogP contribution is 2.45. The van der Waals surface area contributed by atoms with Crippen LogP contribution < -0.4 is 9.64 Å². The van der Waals surface area contributed by atoms with Crippen LogP contribution in [0.15, 0.2) is 34.9 Å². The first-order valence-electron chi connectivity index (χ1n) is 13.8. The van der Waals surface area contributed by atoms with Crippen molar-refractivity contribution in [3.8, 4) is 17.0 Å². The molecule has 1 aromatic carbocycles. The average molecular weight is 575 g/mol. The molecule has 1 saturated heterocycles. The molecule has 1 unspecified atom stereocenters. The highest BCUT2D eigenvalue weighted by molar-refractivity contribution is 5.87. The van der Waals surface area contributed by atoms with Crippen molar-refractivity contribution in [3.63, 3.8) is 0 Å². The van der Waals surface area contributed by atoms with E-state index in [4.69, 9.17) is 14.0 Å². The molecular formula is C29H33F3N4O5. The molecule has 3 aromatic rings. The van der Waals surface area contributed by atoms with E-state index in [0.29, 0.717) is 41.7 Å². The van der Waals surface area contributed by atoms with Crippen molar-refractivity contribution in [2.75, 3.05) is 18.6 Å². The monoisotopic (exact) mass is 574 g/mol. The molecule has 1 aliphatic heterocycles. The zero-order valence-corrected chi connectivity index (χ0v) is 23.2. The summed E-state index contributed by atoms with van der Waals surface area (Å²) in [5, 5.41) is 4.14. The average Bonchev–Trinajstić information content (AvgIpc) is 3.56. The van der Waals surface area contributed by atoms with Crippen LogP contribution >= 0.6 is 0 Å².